The van der Waals surface area contributed by atoms with Gasteiger partial charge in [-0.3, -0.25) is 4.90 Å². The number of aliphatic imine (C=N–C) groups is 1. The van der Waals surface area contributed by atoms with E-state index in [0.717, 1.165) is 42.7 Å². The molecule has 0 aliphatic carbocycles. The van der Waals surface area contributed by atoms with Crippen molar-refractivity contribution < 1.29 is 17.6 Å². The number of hydrogen-bond donors (Lipinski definition) is 1. The number of amidine groups is 1. The van der Waals surface area contributed by atoms with Gasteiger partial charge in [-0.25, -0.2) is 14.4 Å². The van der Waals surface area contributed by atoms with E-state index in [-0.39, 0.29) is 17.9 Å². The number of anilines is 1. The van der Waals surface area contributed by atoms with Crippen LogP contribution in [-0.4, -0.2) is 66.2 Å². The maximum Gasteiger partial charge on any atom is 0.419 e. The van der Waals surface area contributed by atoms with E-state index in [1.807, 2.05) is 12.1 Å². The van der Waals surface area contributed by atoms with Gasteiger partial charge in [0.2, 0.25) is 0 Å². The second kappa shape index (κ2) is 10.9. The van der Waals surface area contributed by atoms with Gasteiger partial charge in [-0.05, 0) is 61.3 Å². The third kappa shape index (κ3) is 5.64. The van der Waals surface area contributed by atoms with Crippen LogP contribution >= 0.6 is 0 Å². The van der Waals surface area contributed by atoms with Crippen LogP contribution in [0.4, 0.5) is 23.4 Å². The second-order valence-electron chi connectivity index (χ2n) is 9.00. The number of alkyl halides is 3. The molecular formula is C26H32F4N6. The van der Waals surface area contributed by atoms with Gasteiger partial charge >= 0.3 is 6.18 Å². The van der Waals surface area contributed by atoms with Gasteiger partial charge in [0.05, 0.1) is 5.56 Å². The average molecular weight is 505 g/mol. The molecule has 1 saturated heterocycles. The van der Waals surface area contributed by atoms with E-state index in [1.54, 1.807) is 17.9 Å². The standard InChI is InChI=1S/C26H32F4N6/c1-4-11-34(5-2)25-32-22(19-8-9-21(27)18(3)16-19)17-23(33-25)35-12-14-36(15-13-35)24-20(26(28,29)30)7-6-10-31-24/h6-10,16-17,25,32H,4-5,11-15H2,1-3H3. The molecule has 194 valence electrons. The number of pyridine rings is 1. The maximum atomic E-state index is 13.9. The fourth-order valence-electron chi connectivity index (χ4n) is 4.59. The largest absolute Gasteiger partial charge is 0.419 e. The molecule has 2 aliphatic heterocycles. The lowest BCUT2D eigenvalue weighted by Crippen LogP contribution is -2.52. The van der Waals surface area contributed by atoms with E-state index in [2.05, 4.69) is 33.9 Å². The number of hydrogen-bond acceptors (Lipinski definition) is 6. The lowest BCUT2D eigenvalue weighted by Gasteiger charge is -2.40. The van der Waals surface area contributed by atoms with Crippen LogP contribution in [0.3, 0.4) is 0 Å². The Morgan fingerprint density at radius 3 is 2.44 bits per heavy atom. The van der Waals surface area contributed by atoms with Crippen LogP contribution in [0.5, 0.6) is 0 Å². The van der Waals surface area contributed by atoms with Crippen LogP contribution in [-0.2, 0) is 6.18 Å². The number of piperazine rings is 1. The number of aromatic nitrogens is 1. The second-order valence-corrected chi connectivity index (χ2v) is 9.00. The fourth-order valence-corrected chi connectivity index (χ4v) is 4.59. The maximum absolute atomic E-state index is 13.9. The monoisotopic (exact) mass is 504 g/mol. The molecule has 2 aromatic rings. The topological polar surface area (TPSA) is 47.0 Å². The highest BCUT2D eigenvalue weighted by molar-refractivity contribution is 6.00. The van der Waals surface area contributed by atoms with E-state index in [4.69, 9.17) is 4.99 Å². The van der Waals surface area contributed by atoms with E-state index >= 15 is 0 Å². The molecule has 3 heterocycles. The highest BCUT2D eigenvalue weighted by Gasteiger charge is 2.36. The van der Waals surface area contributed by atoms with Gasteiger partial charge in [0, 0.05) is 50.7 Å². The van der Waals surface area contributed by atoms with Gasteiger partial charge in [0.1, 0.15) is 17.5 Å². The molecule has 1 atom stereocenters. The van der Waals surface area contributed by atoms with Crippen molar-refractivity contribution in [2.24, 2.45) is 4.99 Å². The van der Waals surface area contributed by atoms with Crippen LogP contribution in [0.1, 0.15) is 37.0 Å². The van der Waals surface area contributed by atoms with Crippen molar-refractivity contribution in [3.63, 3.8) is 0 Å². The minimum atomic E-state index is -4.46. The SMILES string of the molecule is CCCN(CC)C1N=C(N2CCN(c3ncccc3C(F)(F)F)CC2)C=C(c2ccc(F)c(C)c2)N1. The van der Waals surface area contributed by atoms with Crippen molar-refractivity contribution in [1.29, 1.82) is 0 Å². The summed E-state index contributed by atoms with van der Waals surface area (Å²) in [7, 11) is 0. The lowest BCUT2D eigenvalue weighted by molar-refractivity contribution is -0.137. The highest BCUT2D eigenvalue weighted by atomic mass is 19.4. The molecule has 6 nitrogen and oxygen atoms in total. The average Bonchev–Trinajstić information content (AvgIpc) is 2.88. The summed E-state index contributed by atoms with van der Waals surface area (Å²) in [6.45, 7) is 9.37. The van der Waals surface area contributed by atoms with Crippen LogP contribution in [0.15, 0.2) is 47.6 Å². The summed E-state index contributed by atoms with van der Waals surface area (Å²) in [5, 5.41) is 3.49. The molecule has 0 bridgehead atoms. The Balaban J connectivity index is 1.58. The van der Waals surface area contributed by atoms with Crippen molar-refractivity contribution >= 4 is 17.4 Å². The molecule has 1 fully saturated rings. The Kier molecular flexibility index (Phi) is 7.82. The normalized spacial score (nSPS) is 18.7. The van der Waals surface area contributed by atoms with Crippen molar-refractivity contribution in [2.75, 3.05) is 44.2 Å². The van der Waals surface area contributed by atoms with Gasteiger partial charge in [-0.2, -0.15) is 13.2 Å². The van der Waals surface area contributed by atoms with E-state index in [0.29, 0.717) is 31.7 Å². The predicted octanol–water partition coefficient (Wildman–Crippen LogP) is 4.73. The molecule has 1 N–H and O–H groups in total. The number of rotatable bonds is 6. The molecule has 36 heavy (non-hydrogen) atoms. The van der Waals surface area contributed by atoms with Gasteiger partial charge < -0.3 is 15.1 Å². The zero-order valence-corrected chi connectivity index (χ0v) is 20.8. The summed E-state index contributed by atoms with van der Waals surface area (Å²) in [5.74, 6) is 0.473. The number of aryl methyl sites for hydroxylation is 1. The first-order valence-corrected chi connectivity index (χ1v) is 12.3. The minimum Gasteiger partial charge on any atom is -0.353 e. The number of nitrogens with one attached hydrogen (secondary N) is 1. The number of nitrogens with zero attached hydrogens (tertiary/aromatic N) is 5. The summed E-state index contributed by atoms with van der Waals surface area (Å²) in [4.78, 5) is 15.0. The summed E-state index contributed by atoms with van der Waals surface area (Å²) in [5.41, 5.74) is 1.54. The minimum absolute atomic E-state index is 0.0344. The molecule has 0 amide bonds. The first-order chi connectivity index (χ1) is 17.2. The van der Waals surface area contributed by atoms with E-state index in [9.17, 15) is 17.6 Å². The van der Waals surface area contributed by atoms with Gasteiger partial charge in [-0.15, -0.1) is 0 Å². The smallest absolute Gasteiger partial charge is 0.353 e. The Morgan fingerprint density at radius 1 is 1.08 bits per heavy atom. The van der Waals surface area contributed by atoms with Crippen molar-refractivity contribution in [2.45, 2.75) is 39.7 Å². The van der Waals surface area contributed by atoms with Crippen molar-refractivity contribution in [1.82, 2.24) is 20.1 Å². The Morgan fingerprint density at radius 2 is 1.81 bits per heavy atom. The Labute approximate surface area is 209 Å². The molecule has 10 heteroatoms. The van der Waals surface area contributed by atoms with Gasteiger partial charge in [-0.1, -0.05) is 13.8 Å². The zero-order chi connectivity index (χ0) is 25.9. The third-order valence-corrected chi connectivity index (χ3v) is 6.54. The van der Waals surface area contributed by atoms with Crippen LogP contribution in [0, 0.1) is 12.7 Å². The summed E-state index contributed by atoms with van der Waals surface area (Å²) >= 11 is 0. The van der Waals surface area contributed by atoms with Crippen molar-refractivity contribution in [3.05, 3.63) is 65.1 Å². The summed E-state index contributed by atoms with van der Waals surface area (Å²) in [6, 6.07) is 7.40. The first kappa shape index (κ1) is 25.9. The lowest BCUT2D eigenvalue weighted by atomic mass is 10.1. The molecular weight excluding hydrogens is 472 g/mol. The fraction of sp³-hybridized carbons (Fsp3) is 0.462. The Hall–Kier alpha value is -3.14. The zero-order valence-electron chi connectivity index (χ0n) is 20.8. The van der Waals surface area contributed by atoms with Gasteiger partial charge in [0.25, 0.3) is 0 Å². The Bertz CT molecular complexity index is 1120. The van der Waals surface area contributed by atoms with Crippen molar-refractivity contribution in [3.8, 4) is 0 Å². The molecule has 0 spiro atoms. The molecule has 1 unspecified atom stereocenters. The molecule has 0 radical (unpaired) electrons. The van der Waals surface area contributed by atoms with Crippen LogP contribution in [0.25, 0.3) is 5.70 Å². The molecule has 1 aromatic heterocycles. The quantitative estimate of drug-likeness (QED) is 0.577. The highest BCUT2D eigenvalue weighted by Crippen LogP contribution is 2.35. The third-order valence-electron chi connectivity index (χ3n) is 6.54. The predicted molar refractivity (Wildman–Crippen MR) is 134 cm³/mol. The van der Waals surface area contributed by atoms with Crippen LogP contribution in [0.2, 0.25) is 0 Å². The van der Waals surface area contributed by atoms with E-state index in [1.165, 1.54) is 18.3 Å². The number of benzene rings is 1. The molecule has 2 aliphatic rings. The van der Waals surface area contributed by atoms with Gasteiger partial charge in [0.15, 0.2) is 6.29 Å². The molecule has 0 saturated carbocycles. The van der Waals surface area contributed by atoms with E-state index < -0.39 is 11.7 Å². The van der Waals surface area contributed by atoms with Crippen LogP contribution < -0.4 is 10.2 Å². The molecule has 1 aromatic carbocycles. The first-order valence-electron chi connectivity index (χ1n) is 12.3. The number of halogens is 4. The summed E-state index contributed by atoms with van der Waals surface area (Å²) < 4.78 is 54.4. The molecule has 4 rings (SSSR count). The summed E-state index contributed by atoms with van der Waals surface area (Å²) in [6.07, 6.45) is -0.441.